The van der Waals surface area contributed by atoms with Crippen molar-refractivity contribution in [2.45, 2.75) is 30.7 Å². The molecule has 2 fully saturated rings. The molecule has 2 heterocycles. The fourth-order valence-electron chi connectivity index (χ4n) is 3.67. The molecule has 2 N–H and O–H groups in total. The summed E-state index contributed by atoms with van der Waals surface area (Å²) >= 11 is 0. The first kappa shape index (κ1) is 21.4. The minimum atomic E-state index is -2.90. The number of ether oxygens (including phenoxy) is 1. The first-order chi connectivity index (χ1) is 12.0. The molecule has 6 nitrogen and oxygen atoms in total. The van der Waals surface area contributed by atoms with Crippen LogP contribution in [0.2, 0.25) is 0 Å². The van der Waals surface area contributed by atoms with Gasteiger partial charge in [0.25, 0.3) is 0 Å². The lowest BCUT2D eigenvalue weighted by molar-refractivity contribution is 0.0513. The number of nitrogens with one attached hydrogen (secondary N) is 2. The molecule has 0 radical (unpaired) electrons. The predicted molar refractivity (Wildman–Crippen MR) is 115 cm³/mol. The fourth-order valence-corrected chi connectivity index (χ4v) is 5.34. The lowest BCUT2D eigenvalue weighted by Gasteiger charge is -2.38. The van der Waals surface area contributed by atoms with Gasteiger partial charge in [0, 0.05) is 38.3 Å². The van der Waals surface area contributed by atoms with Crippen molar-refractivity contribution >= 4 is 39.8 Å². The van der Waals surface area contributed by atoms with Crippen molar-refractivity contribution in [3.8, 4) is 0 Å². The van der Waals surface area contributed by atoms with E-state index in [9.17, 15) is 8.42 Å². The van der Waals surface area contributed by atoms with Crippen molar-refractivity contribution in [3.63, 3.8) is 0 Å². The third-order valence-electron chi connectivity index (χ3n) is 5.23. The normalized spacial score (nSPS) is 24.5. The van der Waals surface area contributed by atoms with E-state index in [1.807, 2.05) is 6.07 Å². The highest BCUT2D eigenvalue weighted by atomic mass is 127. The lowest BCUT2D eigenvalue weighted by atomic mass is 9.74. The van der Waals surface area contributed by atoms with Gasteiger partial charge in [-0.05, 0) is 24.8 Å². The van der Waals surface area contributed by atoms with Gasteiger partial charge in [0.15, 0.2) is 15.8 Å². The van der Waals surface area contributed by atoms with E-state index < -0.39 is 9.84 Å². The van der Waals surface area contributed by atoms with E-state index in [0.29, 0.717) is 12.4 Å². The molecule has 2 saturated heterocycles. The van der Waals surface area contributed by atoms with Crippen molar-refractivity contribution in [2.75, 3.05) is 38.3 Å². The van der Waals surface area contributed by atoms with E-state index in [1.54, 1.807) is 7.05 Å². The molecule has 0 aromatic heterocycles. The van der Waals surface area contributed by atoms with Gasteiger partial charge in [-0.15, -0.1) is 24.0 Å². The maximum atomic E-state index is 11.6. The van der Waals surface area contributed by atoms with Crippen molar-refractivity contribution in [1.29, 1.82) is 0 Å². The maximum Gasteiger partial charge on any atom is 0.191 e. The minimum Gasteiger partial charge on any atom is -0.381 e. The van der Waals surface area contributed by atoms with Gasteiger partial charge in [-0.25, -0.2) is 8.42 Å². The van der Waals surface area contributed by atoms with Crippen LogP contribution in [-0.2, 0) is 20.0 Å². The summed E-state index contributed by atoms with van der Waals surface area (Å²) in [6.07, 6.45) is 2.55. The number of hydrogen-bond donors (Lipinski definition) is 2. The van der Waals surface area contributed by atoms with Crippen LogP contribution >= 0.6 is 24.0 Å². The molecule has 1 atom stereocenters. The Hall–Kier alpha value is -0.870. The summed E-state index contributed by atoms with van der Waals surface area (Å²) in [5.74, 6) is 1.11. The Labute approximate surface area is 173 Å². The second-order valence-electron chi connectivity index (χ2n) is 6.93. The van der Waals surface area contributed by atoms with Crippen molar-refractivity contribution in [2.24, 2.45) is 4.99 Å². The largest absolute Gasteiger partial charge is 0.381 e. The van der Waals surface area contributed by atoms with E-state index in [2.05, 4.69) is 39.9 Å². The van der Waals surface area contributed by atoms with Gasteiger partial charge < -0.3 is 15.4 Å². The Morgan fingerprint density at radius 1 is 1.27 bits per heavy atom. The van der Waals surface area contributed by atoms with Crippen LogP contribution in [0.4, 0.5) is 0 Å². The Morgan fingerprint density at radius 3 is 2.54 bits per heavy atom. The molecule has 1 aromatic carbocycles. The molecule has 0 bridgehead atoms. The molecule has 0 saturated carbocycles. The zero-order valence-corrected chi connectivity index (χ0v) is 18.3. The lowest BCUT2D eigenvalue weighted by Crippen LogP contribution is -2.50. The molecule has 146 valence electrons. The van der Waals surface area contributed by atoms with Crippen molar-refractivity contribution in [3.05, 3.63) is 35.9 Å². The van der Waals surface area contributed by atoms with Crippen LogP contribution < -0.4 is 10.6 Å². The quantitative estimate of drug-likeness (QED) is 0.380. The van der Waals surface area contributed by atoms with Gasteiger partial charge >= 0.3 is 0 Å². The molecule has 0 amide bonds. The molecular formula is C18H28IN3O3S. The molecule has 0 aliphatic carbocycles. The highest BCUT2D eigenvalue weighted by Gasteiger charge is 2.35. The monoisotopic (exact) mass is 493 g/mol. The molecule has 8 heteroatoms. The molecule has 1 unspecified atom stereocenters. The van der Waals surface area contributed by atoms with Crippen LogP contribution in [0.15, 0.2) is 35.3 Å². The van der Waals surface area contributed by atoms with E-state index in [1.165, 1.54) is 5.56 Å². The second-order valence-corrected chi connectivity index (χ2v) is 9.16. The van der Waals surface area contributed by atoms with Crippen molar-refractivity contribution in [1.82, 2.24) is 10.6 Å². The average Bonchev–Trinajstić information content (AvgIpc) is 2.98. The SMILES string of the molecule is CN=C(NCC1(c2ccccc2)CCOCC1)NC1CCS(=O)(=O)C1.I. The molecule has 26 heavy (non-hydrogen) atoms. The number of aliphatic imine (C=N–C) groups is 1. The fraction of sp³-hybridized carbons (Fsp3) is 0.611. The molecule has 0 spiro atoms. The highest BCUT2D eigenvalue weighted by molar-refractivity contribution is 14.0. The van der Waals surface area contributed by atoms with Crippen LogP contribution in [0.5, 0.6) is 0 Å². The van der Waals surface area contributed by atoms with Gasteiger partial charge in [0.2, 0.25) is 0 Å². The Balaban J connectivity index is 0.00000243. The van der Waals surface area contributed by atoms with Crippen LogP contribution in [0.1, 0.15) is 24.8 Å². The number of guanidine groups is 1. The highest BCUT2D eigenvalue weighted by Crippen LogP contribution is 2.34. The topological polar surface area (TPSA) is 79.8 Å². The third-order valence-corrected chi connectivity index (χ3v) is 7.00. The Morgan fingerprint density at radius 2 is 1.96 bits per heavy atom. The summed E-state index contributed by atoms with van der Waals surface area (Å²) in [4.78, 5) is 4.28. The van der Waals surface area contributed by atoms with Gasteiger partial charge in [0.1, 0.15) is 0 Å². The standard InChI is InChI=1S/C18H27N3O3S.HI/c1-19-17(21-16-7-12-25(22,23)13-16)20-14-18(8-10-24-11-9-18)15-5-3-2-4-6-15;/h2-6,16H,7-14H2,1H3,(H2,19,20,21);1H. The summed E-state index contributed by atoms with van der Waals surface area (Å²) in [7, 11) is -1.18. The first-order valence-electron chi connectivity index (χ1n) is 8.84. The van der Waals surface area contributed by atoms with Gasteiger partial charge in [0.05, 0.1) is 11.5 Å². The molecule has 3 rings (SSSR count). The summed E-state index contributed by atoms with van der Waals surface area (Å²) in [6, 6.07) is 10.5. The number of sulfone groups is 1. The van der Waals surface area contributed by atoms with Gasteiger partial charge in [-0.3, -0.25) is 4.99 Å². The predicted octanol–water partition coefficient (Wildman–Crippen LogP) is 1.70. The number of benzene rings is 1. The molecular weight excluding hydrogens is 465 g/mol. The molecule has 2 aliphatic heterocycles. The average molecular weight is 493 g/mol. The second kappa shape index (κ2) is 9.36. The van der Waals surface area contributed by atoms with E-state index in [-0.39, 0.29) is 46.9 Å². The van der Waals surface area contributed by atoms with Crippen LogP contribution in [0, 0.1) is 0 Å². The van der Waals surface area contributed by atoms with Crippen LogP contribution in [0.3, 0.4) is 0 Å². The molecule has 1 aromatic rings. The Kier molecular flexibility index (Phi) is 7.72. The number of halogens is 1. The summed E-state index contributed by atoms with van der Waals surface area (Å²) in [5.41, 5.74) is 1.32. The number of hydrogen-bond acceptors (Lipinski definition) is 4. The smallest absolute Gasteiger partial charge is 0.191 e. The Bertz CT molecular complexity index is 704. The van der Waals surface area contributed by atoms with Crippen LogP contribution in [-0.4, -0.2) is 58.7 Å². The van der Waals surface area contributed by atoms with Gasteiger partial charge in [-0.1, -0.05) is 30.3 Å². The minimum absolute atomic E-state index is 0. The zero-order valence-electron chi connectivity index (χ0n) is 15.1. The van der Waals surface area contributed by atoms with Crippen molar-refractivity contribution < 1.29 is 13.2 Å². The van der Waals surface area contributed by atoms with Gasteiger partial charge in [-0.2, -0.15) is 0 Å². The van der Waals surface area contributed by atoms with E-state index in [0.717, 1.165) is 32.6 Å². The van der Waals surface area contributed by atoms with E-state index >= 15 is 0 Å². The summed E-state index contributed by atoms with van der Waals surface area (Å²) in [5, 5.41) is 6.68. The van der Waals surface area contributed by atoms with E-state index in [4.69, 9.17) is 4.74 Å². The number of rotatable bonds is 4. The zero-order chi connectivity index (χ0) is 17.8. The third kappa shape index (κ3) is 5.32. The van der Waals surface area contributed by atoms with Crippen LogP contribution in [0.25, 0.3) is 0 Å². The summed E-state index contributed by atoms with van der Waals surface area (Å²) in [6.45, 7) is 2.26. The number of nitrogens with zero attached hydrogens (tertiary/aromatic N) is 1. The first-order valence-corrected chi connectivity index (χ1v) is 10.7. The summed E-state index contributed by atoms with van der Waals surface area (Å²) < 4.78 is 28.8. The maximum absolute atomic E-state index is 11.6. The molecule has 2 aliphatic rings.